The van der Waals surface area contributed by atoms with E-state index in [1.165, 1.54) is 16.8 Å². The van der Waals surface area contributed by atoms with Crippen LogP contribution in [0, 0.1) is 5.92 Å². The molecule has 5 rings (SSSR count). The van der Waals surface area contributed by atoms with Crippen molar-refractivity contribution in [3.05, 3.63) is 71.8 Å². The summed E-state index contributed by atoms with van der Waals surface area (Å²) < 4.78 is 6.10. The highest BCUT2D eigenvalue weighted by Crippen LogP contribution is 2.49. The second kappa shape index (κ2) is 5.89. The van der Waals surface area contributed by atoms with Crippen LogP contribution in [-0.2, 0) is 0 Å². The van der Waals surface area contributed by atoms with Crippen LogP contribution < -0.4 is 10.1 Å². The zero-order chi connectivity index (χ0) is 15.9. The molecule has 2 heterocycles. The molecule has 3 aliphatic rings. The fourth-order valence-corrected chi connectivity index (χ4v) is 4.69. The molecule has 3 atom stereocenters. The van der Waals surface area contributed by atoms with Crippen molar-refractivity contribution in [3.63, 3.8) is 0 Å². The van der Waals surface area contributed by atoms with Crippen molar-refractivity contribution in [2.45, 2.75) is 24.5 Å². The van der Waals surface area contributed by atoms with Crippen LogP contribution >= 0.6 is 11.8 Å². The topological polar surface area (TPSA) is 21.3 Å². The fourth-order valence-electron chi connectivity index (χ4n) is 4.13. The lowest BCUT2D eigenvalue weighted by Gasteiger charge is -2.37. The molecular weight excluding hydrogens is 314 g/mol. The highest BCUT2D eigenvalue weighted by Gasteiger charge is 2.37. The van der Waals surface area contributed by atoms with E-state index in [0.29, 0.717) is 24.0 Å². The first-order chi connectivity index (χ1) is 11.9. The zero-order valence-electron chi connectivity index (χ0n) is 13.5. The summed E-state index contributed by atoms with van der Waals surface area (Å²) in [5, 5.41) is 3.79. The van der Waals surface area contributed by atoms with Crippen molar-refractivity contribution in [1.29, 1.82) is 0 Å². The highest BCUT2D eigenvalue weighted by molar-refractivity contribution is 8.00. The van der Waals surface area contributed by atoms with E-state index in [9.17, 15) is 0 Å². The Morgan fingerprint density at radius 3 is 2.83 bits per heavy atom. The molecule has 0 aromatic heterocycles. The Kier molecular flexibility index (Phi) is 3.55. The summed E-state index contributed by atoms with van der Waals surface area (Å²) in [7, 11) is 0. The second-order valence-electron chi connectivity index (χ2n) is 6.91. The predicted octanol–water partition coefficient (Wildman–Crippen LogP) is 5.01. The smallest absolute Gasteiger partial charge is 0.120 e. The van der Waals surface area contributed by atoms with Crippen LogP contribution in [0.4, 0.5) is 5.69 Å². The minimum Gasteiger partial charge on any atom is -0.489 e. The van der Waals surface area contributed by atoms with Crippen LogP contribution in [0.15, 0.2) is 60.7 Å². The maximum absolute atomic E-state index is 6.10. The molecule has 3 heteroatoms. The third-order valence-electron chi connectivity index (χ3n) is 5.40. The van der Waals surface area contributed by atoms with Crippen molar-refractivity contribution in [3.8, 4) is 5.75 Å². The standard InChI is InChI=1S/C21H21NOS/c1-2-10-20-18(7-1)17-8-4-9-19(17)21(22-20)14-5-3-6-15(11-14)23-16-12-24-13-16/h1-8,10-11,16-17,19,21-22H,9,12-13H2. The number of hydrogen-bond acceptors (Lipinski definition) is 3. The summed E-state index contributed by atoms with van der Waals surface area (Å²) >= 11 is 1.96. The molecule has 0 radical (unpaired) electrons. The Morgan fingerprint density at radius 1 is 1.04 bits per heavy atom. The number of benzene rings is 2. The molecule has 2 aromatic carbocycles. The quantitative estimate of drug-likeness (QED) is 0.797. The minimum atomic E-state index is 0.346. The number of ether oxygens (including phenoxy) is 1. The average molecular weight is 335 g/mol. The summed E-state index contributed by atoms with van der Waals surface area (Å²) in [5.74, 6) is 4.37. The molecule has 0 amide bonds. The normalized spacial score (nSPS) is 27.8. The van der Waals surface area contributed by atoms with Gasteiger partial charge in [-0.05, 0) is 41.7 Å². The average Bonchev–Trinajstić information content (AvgIpc) is 3.08. The lowest BCUT2D eigenvalue weighted by Crippen LogP contribution is -2.31. The van der Waals surface area contributed by atoms with Crippen LogP contribution in [0.2, 0.25) is 0 Å². The number of anilines is 1. The van der Waals surface area contributed by atoms with Gasteiger partial charge in [-0.25, -0.2) is 0 Å². The largest absolute Gasteiger partial charge is 0.489 e. The SMILES string of the molecule is C1=CC2c3ccccc3NC(c3cccc(OC4CSC4)c3)C2C1. The zero-order valence-corrected chi connectivity index (χ0v) is 14.3. The Hall–Kier alpha value is -1.87. The van der Waals surface area contributed by atoms with Gasteiger partial charge in [-0.15, -0.1) is 0 Å². The fraction of sp³-hybridized carbons (Fsp3) is 0.333. The van der Waals surface area contributed by atoms with Crippen LogP contribution in [-0.4, -0.2) is 17.6 Å². The van der Waals surface area contributed by atoms with E-state index >= 15 is 0 Å². The highest BCUT2D eigenvalue weighted by atomic mass is 32.2. The Labute approximate surface area is 147 Å². The third kappa shape index (κ3) is 2.42. The molecule has 0 spiro atoms. The molecule has 1 saturated heterocycles. The summed E-state index contributed by atoms with van der Waals surface area (Å²) in [4.78, 5) is 0. The first-order valence-corrected chi connectivity index (χ1v) is 9.90. The maximum Gasteiger partial charge on any atom is 0.120 e. The van der Waals surface area contributed by atoms with Crippen molar-refractivity contribution in [2.24, 2.45) is 5.92 Å². The van der Waals surface area contributed by atoms with Crippen LogP contribution in [0.3, 0.4) is 0 Å². The summed E-state index contributed by atoms with van der Waals surface area (Å²) in [6, 6.07) is 17.8. The second-order valence-corrected chi connectivity index (χ2v) is 7.99. The van der Waals surface area contributed by atoms with Gasteiger partial charge in [0.2, 0.25) is 0 Å². The van der Waals surface area contributed by atoms with Crippen molar-refractivity contribution in [2.75, 3.05) is 16.8 Å². The van der Waals surface area contributed by atoms with Gasteiger partial charge >= 0.3 is 0 Å². The van der Waals surface area contributed by atoms with Gasteiger partial charge in [0, 0.05) is 23.1 Å². The Morgan fingerprint density at radius 2 is 1.96 bits per heavy atom. The molecule has 2 nitrogen and oxygen atoms in total. The van der Waals surface area contributed by atoms with Gasteiger partial charge in [-0.3, -0.25) is 0 Å². The van der Waals surface area contributed by atoms with E-state index in [1.54, 1.807) is 0 Å². The van der Waals surface area contributed by atoms with E-state index in [-0.39, 0.29) is 0 Å². The molecule has 1 N–H and O–H groups in total. The predicted molar refractivity (Wildman–Crippen MR) is 101 cm³/mol. The number of hydrogen-bond donors (Lipinski definition) is 1. The molecule has 0 saturated carbocycles. The van der Waals surface area contributed by atoms with Crippen molar-refractivity contribution >= 4 is 17.4 Å². The minimum absolute atomic E-state index is 0.346. The Balaban J connectivity index is 1.47. The molecule has 2 aromatic rings. The van der Waals surface area contributed by atoms with Crippen LogP contribution in [0.5, 0.6) is 5.75 Å². The van der Waals surface area contributed by atoms with Gasteiger partial charge < -0.3 is 10.1 Å². The number of nitrogens with one attached hydrogen (secondary N) is 1. The monoisotopic (exact) mass is 335 g/mol. The summed E-state index contributed by atoms with van der Waals surface area (Å²) in [6.07, 6.45) is 6.27. The van der Waals surface area contributed by atoms with Gasteiger partial charge in [0.25, 0.3) is 0 Å². The number of allylic oxidation sites excluding steroid dienone is 2. The molecule has 3 unspecified atom stereocenters. The molecule has 24 heavy (non-hydrogen) atoms. The lowest BCUT2D eigenvalue weighted by atomic mass is 9.77. The van der Waals surface area contributed by atoms with Gasteiger partial charge in [-0.2, -0.15) is 11.8 Å². The number of rotatable bonds is 3. The van der Waals surface area contributed by atoms with E-state index in [1.807, 2.05) is 11.8 Å². The van der Waals surface area contributed by atoms with Gasteiger partial charge in [0.15, 0.2) is 0 Å². The molecule has 0 bridgehead atoms. The van der Waals surface area contributed by atoms with Gasteiger partial charge in [0.05, 0.1) is 6.04 Å². The van der Waals surface area contributed by atoms with Crippen LogP contribution in [0.1, 0.15) is 29.5 Å². The molecule has 1 aliphatic carbocycles. The van der Waals surface area contributed by atoms with Gasteiger partial charge in [-0.1, -0.05) is 42.5 Å². The summed E-state index contributed by atoms with van der Waals surface area (Å²) in [5.41, 5.74) is 4.05. The first-order valence-electron chi connectivity index (χ1n) is 8.75. The van der Waals surface area contributed by atoms with Crippen LogP contribution in [0.25, 0.3) is 0 Å². The first kappa shape index (κ1) is 14.5. The van der Waals surface area contributed by atoms with E-state index in [0.717, 1.165) is 23.7 Å². The maximum atomic E-state index is 6.10. The molecule has 2 aliphatic heterocycles. The summed E-state index contributed by atoms with van der Waals surface area (Å²) in [6.45, 7) is 0. The van der Waals surface area contributed by atoms with E-state index < -0.39 is 0 Å². The third-order valence-corrected chi connectivity index (χ3v) is 6.61. The molecule has 122 valence electrons. The number of para-hydroxylation sites is 1. The van der Waals surface area contributed by atoms with E-state index in [4.69, 9.17) is 4.74 Å². The Bertz CT molecular complexity index is 783. The van der Waals surface area contributed by atoms with Crippen molar-refractivity contribution < 1.29 is 4.74 Å². The molecular formula is C21H21NOS. The molecule has 1 fully saturated rings. The van der Waals surface area contributed by atoms with E-state index in [2.05, 4.69) is 66.0 Å². The lowest BCUT2D eigenvalue weighted by molar-refractivity contribution is 0.240. The number of thioether (sulfide) groups is 1. The van der Waals surface area contributed by atoms with Crippen molar-refractivity contribution in [1.82, 2.24) is 0 Å². The number of fused-ring (bicyclic) bond motifs is 3. The van der Waals surface area contributed by atoms with Gasteiger partial charge in [0.1, 0.15) is 11.9 Å².